The summed E-state index contributed by atoms with van der Waals surface area (Å²) in [5.41, 5.74) is 21.1. The summed E-state index contributed by atoms with van der Waals surface area (Å²) in [5.74, 6) is 0.825. The van der Waals surface area contributed by atoms with Crippen LogP contribution in [0.3, 0.4) is 0 Å². The first-order chi connectivity index (χ1) is 7.29. The second-order valence-electron chi connectivity index (χ2n) is 3.28. The van der Waals surface area contributed by atoms with Gasteiger partial charge in [0.1, 0.15) is 5.75 Å². The smallest absolute Gasteiger partial charge is 0.278 e. The van der Waals surface area contributed by atoms with Gasteiger partial charge in [-0.25, -0.2) is 0 Å². The summed E-state index contributed by atoms with van der Waals surface area (Å²) in [7, 11) is 0. The minimum Gasteiger partial charge on any atom is -0.449 e. The average molecular weight is 222 g/mol. The molecule has 0 unspecified atom stereocenters. The van der Waals surface area contributed by atoms with Crippen molar-refractivity contribution in [1.82, 2.24) is 0 Å². The monoisotopic (exact) mass is 222 g/mol. The van der Waals surface area contributed by atoms with E-state index in [1.54, 1.807) is 24.3 Å². The first kappa shape index (κ1) is 12.4. The molecule has 1 aromatic rings. The van der Waals surface area contributed by atoms with Gasteiger partial charge in [-0.2, -0.15) is 0 Å². The van der Waals surface area contributed by atoms with Gasteiger partial charge in [0.15, 0.2) is 0 Å². The van der Waals surface area contributed by atoms with Gasteiger partial charge < -0.3 is 9.84 Å². The highest BCUT2D eigenvalue weighted by Crippen LogP contribution is 2.11. The Bertz CT molecular complexity index is 400. The van der Waals surface area contributed by atoms with Gasteiger partial charge >= 0.3 is 0 Å². The molecule has 86 valence electrons. The number of ether oxygens (including phenoxy) is 1. The Hall–Kier alpha value is -1.62. The van der Waals surface area contributed by atoms with Crippen molar-refractivity contribution >= 4 is 0 Å². The first-order valence-electron chi connectivity index (χ1n) is 4.45. The predicted octanol–water partition coefficient (Wildman–Crippen LogP) is -1.80. The van der Waals surface area contributed by atoms with E-state index in [2.05, 4.69) is 11.8 Å². The van der Waals surface area contributed by atoms with Crippen LogP contribution in [0.5, 0.6) is 5.75 Å². The molecule has 0 aliphatic rings. The van der Waals surface area contributed by atoms with Crippen molar-refractivity contribution in [2.45, 2.75) is 11.7 Å². The molecule has 0 heterocycles. The standard InChI is InChI=1S/C10H14N4O2/c11-9(12,15)6-7-10(13,14)16-8-4-2-1-3-5-8/h1-5,15H,11-14H2. The topological polar surface area (TPSA) is 134 Å². The number of para-hydroxylation sites is 1. The van der Waals surface area contributed by atoms with Gasteiger partial charge in [0.05, 0.1) is 0 Å². The third kappa shape index (κ3) is 4.75. The normalized spacial score (nSPS) is 11.6. The molecule has 6 nitrogen and oxygen atoms in total. The van der Waals surface area contributed by atoms with Crippen LogP contribution in [0.2, 0.25) is 0 Å². The average Bonchev–Trinajstić information content (AvgIpc) is 2.15. The van der Waals surface area contributed by atoms with Crippen LogP contribution in [0.4, 0.5) is 0 Å². The zero-order valence-corrected chi connectivity index (χ0v) is 8.55. The molecule has 0 aliphatic heterocycles. The maximum absolute atomic E-state index is 8.96. The molecule has 0 aromatic heterocycles. The SMILES string of the molecule is NC(N)(O)C#CC(N)(N)Oc1ccccc1. The van der Waals surface area contributed by atoms with E-state index in [0.29, 0.717) is 5.75 Å². The highest BCUT2D eigenvalue weighted by atomic mass is 16.5. The Morgan fingerprint density at radius 1 is 1.00 bits per heavy atom. The Kier molecular flexibility index (Phi) is 3.49. The maximum Gasteiger partial charge on any atom is 0.278 e. The minimum absolute atomic E-state index is 0.444. The molecule has 1 rings (SSSR count). The molecule has 0 bridgehead atoms. The molecule has 0 saturated carbocycles. The molecule has 0 saturated heterocycles. The van der Waals surface area contributed by atoms with Gasteiger partial charge in [-0.3, -0.25) is 22.9 Å². The number of hydrogen-bond donors (Lipinski definition) is 5. The highest BCUT2D eigenvalue weighted by Gasteiger charge is 2.19. The van der Waals surface area contributed by atoms with Crippen LogP contribution in [-0.4, -0.2) is 16.8 Å². The molecule has 16 heavy (non-hydrogen) atoms. The summed E-state index contributed by atoms with van der Waals surface area (Å²) in [6.45, 7) is 0. The van der Waals surface area contributed by atoms with E-state index in [4.69, 9.17) is 32.8 Å². The predicted molar refractivity (Wildman–Crippen MR) is 59.3 cm³/mol. The summed E-state index contributed by atoms with van der Waals surface area (Å²) in [5, 5.41) is 8.96. The third-order valence-electron chi connectivity index (χ3n) is 1.49. The van der Waals surface area contributed by atoms with Crippen molar-refractivity contribution in [3.63, 3.8) is 0 Å². The summed E-state index contributed by atoms with van der Waals surface area (Å²) in [6, 6.07) is 8.63. The van der Waals surface area contributed by atoms with Gasteiger partial charge in [0, 0.05) is 0 Å². The maximum atomic E-state index is 8.96. The Morgan fingerprint density at radius 3 is 2.06 bits per heavy atom. The van der Waals surface area contributed by atoms with Crippen molar-refractivity contribution in [2.75, 3.05) is 0 Å². The Balaban J connectivity index is 2.75. The molecule has 0 aliphatic carbocycles. The summed E-state index contributed by atoms with van der Waals surface area (Å²) in [4.78, 5) is 0. The van der Waals surface area contributed by atoms with E-state index in [1.165, 1.54) is 0 Å². The third-order valence-corrected chi connectivity index (χ3v) is 1.49. The number of hydrogen-bond acceptors (Lipinski definition) is 6. The minimum atomic E-state index is -2.15. The van der Waals surface area contributed by atoms with E-state index in [0.717, 1.165) is 0 Å². The van der Waals surface area contributed by atoms with Crippen molar-refractivity contribution in [3.8, 4) is 17.6 Å². The number of rotatable bonds is 2. The lowest BCUT2D eigenvalue weighted by molar-refractivity contribution is 0.112. The van der Waals surface area contributed by atoms with Crippen LogP contribution < -0.4 is 27.7 Å². The molecule has 0 spiro atoms. The van der Waals surface area contributed by atoms with E-state index in [-0.39, 0.29) is 0 Å². The largest absolute Gasteiger partial charge is 0.449 e. The lowest BCUT2D eigenvalue weighted by Gasteiger charge is -2.20. The molecular weight excluding hydrogens is 208 g/mol. The summed E-state index contributed by atoms with van der Waals surface area (Å²) < 4.78 is 5.16. The molecule has 0 fully saturated rings. The van der Waals surface area contributed by atoms with Gasteiger partial charge in [0.25, 0.3) is 5.85 Å². The highest BCUT2D eigenvalue weighted by molar-refractivity contribution is 5.25. The zero-order valence-electron chi connectivity index (χ0n) is 8.55. The molecule has 9 N–H and O–H groups in total. The molecular formula is C10H14N4O2. The number of benzene rings is 1. The fourth-order valence-electron chi connectivity index (χ4n) is 0.907. The van der Waals surface area contributed by atoms with Crippen molar-refractivity contribution in [3.05, 3.63) is 30.3 Å². The van der Waals surface area contributed by atoms with E-state index < -0.39 is 11.7 Å². The summed E-state index contributed by atoms with van der Waals surface area (Å²) in [6.07, 6.45) is 0. The quantitative estimate of drug-likeness (QED) is 0.296. The molecule has 0 radical (unpaired) electrons. The molecule has 0 atom stereocenters. The molecule has 0 amide bonds. The lowest BCUT2D eigenvalue weighted by atomic mass is 10.3. The Morgan fingerprint density at radius 2 is 1.56 bits per heavy atom. The number of aliphatic hydroxyl groups is 1. The number of nitrogens with two attached hydrogens (primary N) is 4. The second-order valence-corrected chi connectivity index (χ2v) is 3.28. The Labute approximate surface area is 93.2 Å². The van der Waals surface area contributed by atoms with Gasteiger partial charge in [-0.15, -0.1) is 0 Å². The van der Waals surface area contributed by atoms with Crippen LogP contribution >= 0.6 is 0 Å². The second kappa shape index (κ2) is 4.49. The van der Waals surface area contributed by atoms with Crippen LogP contribution in [0, 0.1) is 11.8 Å². The summed E-state index contributed by atoms with van der Waals surface area (Å²) >= 11 is 0. The first-order valence-corrected chi connectivity index (χ1v) is 4.45. The van der Waals surface area contributed by atoms with Crippen LogP contribution in [0.1, 0.15) is 0 Å². The van der Waals surface area contributed by atoms with Crippen LogP contribution in [0.15, 0.2) is 30.3 Å². The molecule has 1 aromatic carbocycles. The van der Waals surface area contributed by atoms with E-state index >= 15 is 0 Å². The zero-order chi connectivity index (χ0) is 12.2. The van der Waals surface area contributed by atoms with Gasteiger partial charge in [-0.05, 0) is 24.0 Å². The fourth-order valence-corrected chi connectivity index (χ4v) is 0.907. The van der Waals surface area contributed by atoms with Crippen LogP contribution in [0.25, 0.3) is 0 Å². The van der Waals surface area contributed by atoms with Crippen molar-refractivity contribution in [2.24, 2.45) is 22.9 Å². The van der Waals surface area contributed by atoms with Crippen molar-refractivity contribution in [1.29, 1.82) is 0 Å². The van der Waals surface area contributed by atoms with E-state index in [1.807, 2.05) is 6.07 Å². The van der Waals surface area contributed by atoms with E-state index in [9.17, 15) is 0 Å². The van der Waals surface area contributed by atoms with Crippen molar-refractivity contribution < 1.29 is 9.84 Å². The lowest BCUT2D eigenvalue weighted by Crippen LogP contribution is -2.55. The van der Waals surface area contributed by atoms with Gasteiger partial charge in [0.2, 0.25) is 5.85 Å². The molecule has 6 heteroatoms. The fraction of sp³-hybridized carbons (Fsp3) is 0.200. The van der Waals surface area contributed by atoms with Crippen LogP contribution in [-0.2, 0) is 0 Å². The van der Waals surface area contributed by atoms with Gasteiger partial charge in [-0.1, -0.05) is 18.2 Å².